The van der Waals surface area contributed by atoms with Gasteiger partial charge in [0.2, 0.25) is 10.0 Å². The predicted octanol–water partition coefficient (Wildman–Crippen LogP) is 4.40. The molecule has 1 amide bonds. The Hall–Kier alpha value is -2.23. The minimum atomic E-state index is -4.11. The van der Waals surface area contributed by atoms with E-state index in [1.807, 2.05) is 23.6 Å². The molecule has 0 spiro atoms. The number of carbonyl (C=O) groups excluding carboxylic acids is 1. The molecule has 30 heavy (non-hydrogen) atoms. The van der Waals surface area contributed by atoms with Crippen LogP contribution < -0.4 is 5.43 Å². The van der Waals surface area contributed by atoms with Crippen molar-refractivity contribution in [2.45, 2.75) is 11.4 Å². The van der Waals surface area contributed by atoms with Crippen molar-refractivity contribution in [3.8, 4) is 0 Å². The minimum Gasteiger partial charge on any atom is -0.272 e. The van der Waals surface area contributed by atoms with Gasteiger partial charge in [0, 0.05) is 16.4 Å². The molecule has 0 bridgehead atoms. The van der Waals surface area contributed by atoms with E-state index in [1.165, 1.54) is 35.8 Å². The molecule has 0 atom stereocenters. The number of thiophene rings is 1. The summed E-state index contributed by atoms with van der Waals surface area (Å²) in [5.74, 6) is -0.583. The van der Waals surface area contributed by atoms with Crippen LogP contribution in [0.4, 0.5) is 0 Å². The third-order valence-corrected chi connectivity index (χ3v) is 7.27. The lowest BCUT2D eigenvalue weighted by Crippen LogP contribution is -2.39. The largest absolute Gasteiger partial charge is 0.272 e. The molecule has 0 saturated heterocycles. The highest BCUT2D eigenvalue weighted by atomic mass is 35.5. The number of nitrogens with one attached hydrogen (secondary N) is 1. The van der Waals surface area contributed by atoms with E-state index in [4.69, 9.17) is 23.2 Å². The fourth-order valence-electron chi connectivity index (χ4n) is 2.56. The van der Waals surface area contributed by atoms with Crippen molar-refractivity contribution < 1.29 is 13.2 Å². The Morgan fingerprint density at radius 2 is 1.87 bits per heavy atom. The highest BCUT2D eigenvalue weighted by molar-refractivity contribution is 7.89. The van der Waals surface area contributed by atoms with Crippen molar-refractivity contribution in [1.29, 1.82) is 0 Å². The Kier molecular flexibility index (Phi) is 7.63. The predicted molar refractivity (Wildman–Crippen MR) is 121 cm³/mol. The van der Waals surface area contributed by atoms with Gasteiger partial charge >= 0.3 is 0 Å². The SMILES string of the molecule is O=C(CN(Cc1ccccc1)S(=O)(=O)c1cc(Cl)ccc1Cl)N/N=C/c1cccs1. The molecular formula is C20H17Cl2N3O3S2. The van der Waals surface area contributed by atoms with Crippen LogP contribution in [0.25, 0.3) is 0 Å². The molecule has 156 valence electrons. The van der Waals surface area contributed by atoms with Gasteiger partial charge in [-0.2, -0.15) is 9.41 Å². The van der Waals surface area contributed by atoms with E-state index in [-0.39, 0.29) is 21.5 Å². The number of nitrogens with zero attached hydrogens (tertiary/aromatic N) is 2. The van der Waals surface area contributed by atoms with E-state index in [0.717, 1.165) is 9.18 Å². The summed E-state index contributed by atoms with van der Waals surface area (Å²) in [7, 11) is -4.11. The topological polar surface area (TPSA) is 78.8 Å². The summed E-state index contributed by atoms with van der Waals surface area (Å²) < 4.78 is 27.6. The van der Waals surface area contributed by atoms with E-state index in [0.29, 0.717) is 5.56 Å². The highest BCUT2D eigenvalue weighted by Crippen LogP contribution is 2.28. The number of hydrazone groups is 1. The molecule has 3 aromatic rings. The van der Waals surface area contributed by atoms with E-state index < -0.39 is 22.5 Å². The number of benzene rings is 2. The number of hydrogen-bond acceptors (Lipinski definition) is 5. The van der Waals surface area contributed by atoms with Crippen molar-refractivity contribution in [2.24, 2.45) is 5.10 Å². The van der Waals surface area contributed by atoms with Gasteiger partial charge < -0.3 is 0 Å². The van der Waals surface area contributed by atoms with Crippen LogP contribution in [-0.4, -0.2) is 31.4 Å². The van der Waals surface area contributed by atoms with Gasteiger partial charge in [-0.1, -0.05) is 59.6 Å². The molecule has 10 heteroatoms. The second-order valence-corrected chi connectivity index (χ2v) is 9.87. The molecule has 0 aliphatic heterocycles. The number of sulfonamides is 1. The average Bonchev–Trinajstić information content (AvgIpc) is 3.23. The van der Waals surface area contributed by atoms with Crippen LogP contribution in [0.15, 0.2) is 76.0 Å². The lowest BCUT2D eigenvalue weighted by molar-refractivity contribution is -0.121. The van der Waals surface area contributed by atoms with Crippen LogP contribution in [0.2, 0.25) is 10.0 Å². The van der Waals surface area contributed by atoms with Crippen LogP contribution in [0, 0.1) is 0 Å². The zero-order valence-corrected chi connectivity index (χ0v) is 18.7. The molecule has 0 fully saturated rings. The van der Waals surface area contributed by atoms with E-state index in [1.54, 1.807) is 24.3 Å². The molecule has 0 radical (unpaired) electrons. The monoisotopic (exact) mass is 481 g/mol. The van der Waals surface area contributed by atoms with Gasteiger partial charge in [0.1, 0.15) is 4.90 Å². The summed E-state index contributed by atoms with van der Waals surface area (Å²) in [5, 5.41) is 6.01. The molecular weight excluding hydrogens is 465 g/mol. The fourth-order valence-corrected chi connectivity index (χ4v) is 5.26. The molecule has 0 aliphatic carbocycles. The average molecular weight is 482 g/mol. The quantitative estimate of drug-likeness (QED) is 0.382. The van der Waals surface area contributed by atoms with E-state index in [2.05, 4.69) is 10.5 Å². The third kappa shape index (κ3) is 5.90. The van der Waals surface area contributed by atoms with Crippen molar-refractivity contribution in [2.75, 3.05) is 6.54 Å². The molecule has 1 aromatic heterocycles. The van der Waals surface area contributed by atoms with Crippen LogP contribution >= 0.6 is 34.5 Å². The first-order chi connectivity index (χ1) is 14.4. The molecule has 1 heterocycles. The van der Waals surface area contributed by atoms with Gasteiger partial charge in [0.05, 0.1) is 17.8 Å². The summed E-state index contributed by atoms with van der Waals surface area (Å²) in [6.45, 7) is -0.462. The second-order valence-electron chi connectivity index (χ2n) is 6.14. The number of halogens is 2. The summed E-state index contributed by atoms with van der Waals surface area (Å²) >= 11 is 13.6. The first-order valence-electron chi connectivity index (χ1n) is 8.71. The van der Waals surface area contributed by atoms with Gasteiger partial charge in [0.15, 0.2) is 0 Å². The Bertz CT molecular complexity index is 1140. The maximum Gasteiger partial charge on any atom is 0.255 e. The molecule has 1 N–H and O–H groups in total. The molecule has 3 rings (SSSR count). The maximum absolute atomic E-state index is 13.3. The lowest BCUT2D eigenvalue weighted by Gasteiger charge is -2.22. The van der Waals surface area contributed by atoms with Gasteiger partial charge in [-0.05, 0) is 35.2 Å². The second kappa shape index (κ2) is 10.2. The zero-order chi connectivity index (χ0) is 21.6. The van der Waals surface area contributed by atoms with E-state index in [9.17, 15) is 13.2 Å². The summed E-state index contributed by atoms with van der Waals surface area (Å²) in [5.41, 5.74) is 3.08. The van der Waals surface area contributed by atoms with E-state index >= 15 is 0 Å². The molecule has 0 aliphatic rings. The first kappa shape index (κ1) is 22.5. The minimum absolute atomic E-state index is 0.0198. The number of hydrogen-bond donors (Lipinski definition) is 1. The van der Waals surface area contributed by atoms with Gasteiger partial charge in [-0.25, -0.2) is 13.8 Å². The molecule has 0 unspecified atom stereocenters. The van der Waals surface area contributed by atoms with Gasteiger partial charge in [0.25, 0.3) is 5.91 Å². The summed E-state index contributed by atoms with van der Waals surface area (Å²) in [6.07, 6.45) is 1.49. The van der Waals surface area contributed by atoms with Crippen molar-refractivity contribution >= 4 is 56.7 Å². The van der Waals surface area contributed by atoms with Crippen LogP contribution in [0.5, 0.6) is 0 Å². The fraction of sp³-hybridized carbons (Fsp3) is 0.100. The van der Waals surface area contributed by atoms with Crippen molar-refractivity contribution in [1.82, 2.24) is 9.73 Å². The Balaban J connectivity index is 1.84. The summed E-state index contributed by atoms with van der Waals surface area (Å²) in [4.78, 5) is 13.1. The highest BCUT2D eigenvalue weighted by Gasteiger charge is 2.29. The Morgan fingerprint density at radius 3 is 2.57 bits per heavy atom. The van der Waals surface area contributed by atoms with Crippen LogP contribution in [0.1, 0.15) is 10.4 Å². The van der Waals surface area contributed by atoms with Crippen LogP contribution in [-0.2, 0) is 21.4 Å². The normalized spacial score (nSPS) is 11.8. The molecule has 2 aromatic carbocycles. The number of amides is 1. The lowest BCUT2D eigenvalue weighted by atomic mass is 10.2. The Labute approximate surface area is 188 Å². The Morgan fingerprint density at radius 1 is 1.10 bits per heavy atom. The molecule has 0 saturated carbocycles. The van der Waals surface area contributed by atoms with Crippen LogP contribution in [0.3, 0.4) is 0 Å². The zero-order valence-electron chi connectivity index (χ0n) is 15.5. The molecule has 6 nitrogen and oxygen atoms in total. The van der Waals surface area contributed by atoms with Crippen molar-refractivity contribution in [3.63, 3.8) is 0 Å². The summed E-state index contributed by atoms with van der Waals surface area (Å²) in [6, 6.07) is 16.8. The first-order valence-corrected chi connectivity index (χ1v) is 11.8. The van der Waals surface area contributed by atoms with Crippen molar-refractivity contribution in [3.05, 3.63) is 86.5 Å². The smallest absolute Gasteiger partial charge is 0.255 e. The number of rotatable bonds is 8. The maximum atomic E-state index is 13.3. The standard InChI is InChI=1S/C20H17Cl2N3O3S2/c21-16-8-9-18(22)19(11-16)30(27,28)25(13-15-5-2-1-3-6-15)14-20(26)24-23-12-17-7-4-10-29-17/h1-12H,13-14H2,(H,24,26)/b23-12+. The van der Waals surface area contributed by atoms with Gasteiger partial charge in [-0.3, -0.25) is 4.79 Å². The third-order valence-electron chi connectivity index (χ3n) is 3.96. The van der Waals surface area contributed by atoms with Gasteiger partial charge in [-0.15, -0.1) is 11.3 Å². The number of carbonyl (C=O) groups is 1.